The number of ether oxygens (including phenoxy) is 3. The fraction of sp³-hybridized carbons (Fsp3) is 0.600. The molecule has 0 N–H and O–H groups in total. The molecule has 0 fully saturated rings. The monoisotopic (exact) mass is 476 g/mol. The van der Waals surface area contributed by atoms with Crippen molar-refractivity contribution in [3.63, 3.8) is 0 Å². The number of esters is 2. The van der Waals surface area contributed by atoms with Crippen LogP contribution in [0.4, 0.5) is 0 Å². The highest BCUT2D eigenvalue weighted by atomic mass is 127. The molecule has 0 bridgehead atoms. The van der Waals surface area contributed by atoms with Gasteiger partial charge in [-0.1, -0.05) is 33.3 Å². The second-order valence-corrected chi connectivity index (χ2v) is 7.71. The molecule has 26 heavy (non-hydrogen) atoms. The van der Waals surface area contributed by atoms with Gasteiger partial charge in [-0.15, -0.1) is 0 Å². The van der Waals surface area contributed by atoms with Crippen molar-refractivity contribution in [1.82, 2.24) is 0 Å². The summed E-state index contributed by atoms with van der Waals surface area (Å²) in [5.74, 6) is 0.547. The van der Waals surface area contributed by atoms with Crippen LogP contribution < -0.4 is 4.74 Å². The zero-order valence-corrected chi connectivity index (χ0v) is 18.2. The van der Waals surface area contributed by atoms with Gasteiger partial charge in [0.15, 0.2) is 0 Å². The van der Waals surface area contributed by atoms with E-state index in [9.17, 15) is 9.59 Å². The van der Waals surface area contributed by atoms with Gasteiger partial charge >= 0.3 is 11.9 Å². The summed E-state index contributed by atoms with van der Waals surface area (Å²) in [5, 5.41) is 0. The fourth-order valence-corrected chi connectivity index (χ4v) is 3.25. The number of rotatable bonds is 11. The molecule has 6 heteroatoms. The minimum Gasteiger partial charge on any atom is -0.496 e. The third kappa shape index (κ3) is 8.38. The molecule has 0 aliphatic heterocycles. The van der Waals surface area contributed by atoms with Crippen LogP contribution in [0.2, 0.25) is 0 Å². The Morgan fingerprint density at radius 1 is 1.15 bits per heavy atom. The summed E-state index contributed by atoms with van der Waals surface area (Å²) in [6.45, 7) is 6.38. The Hall–Kier alpha value is -1.31. The van der Waals surface area contributed by atoms with E-state index in [1.165, 1.54) is 0 Å². The summed E-state index contributed by atoms with van der Waals surface area (Å²) in [6, 6.07) is 5.64. The largest absolute Gasteiger partial charge is 0.496 e. The van der Waals surface area contributed by atoms with E-state index >= 15 is 0 Å². The molecule has 0 aliphatic carbocycles. The second-order valence-electron chi connectivity index (χ2n) is 6.54. The lowest BCUT2D eigenvalue weighted by Crippen LogP contribution is -2.23. The molecular weight excluding hydrogens is 447 g/mol. The summed E-state index contributed by atoms with van der Waals surface area (Å²) in [4.78, 5) is 23.7. The number of halogens is 1. The van der Waals surface area contributed by atoms with Crippen LogP contribution >= 0.6 is 22.6 Å². The first-order valence-corrected chi connectivity index (χ1v) is 10.1. The van der Waals surface area contributed by atoms with Gasteiger partial charge in [0.25, 0.3) is 0 Å². The number of benzene rings is 1. The van der Waals surface area contributed by atoms with Crippen molar-refractivity contribution in [3.05, 3.63) is 27.3 Å². The molecule has 1 unspecified atom stereocenters. The van der Waals surface area contributed by atoms with Crippen molar-refractivity contribution < 1.29 is 23.8 Å². The summed E-state index contributed by atoms with van der Waals surface area (Å²) >= 11 is 2.18. The molecule has 146 valence electrons. The first kappa shape index (κ1) is 22.7. The maximum absolute atomic E-state index is 11.9. The van der Waals surface area contributed by atoms with Crippen molar-refractivity contribution in [2.24, 2.45) is 5.92 Å². The molecule has 1 aromatic rings. The Morgan fingerprint density at radius 2 is 1.85 bits per heavy atom. The minimum atomic E-state index is -0.308. The van der Waals surface area contributed by atoms with Gasteiger partial charge in [-0.25, -0.2) is 0 Å². The van der Waals surface area contributed by atoms with Gasteiger partial charge < -0.3 is 14.2 Å². The van der Waals surface area contributed by atoms with E-state index in [0.717, 1.165) is 27.7 Å². The number of hydrogen-bond acceptors (Lipinski definition) is 5. The first-order chi connectivity index (χ1) is 12.4. The van der Waals surface area contributed by atoms with E-state index < -0.39 is 0 Å². The molecule has 0 spiro atoms. The van der Waals surface area contributed by atoms with Crippen LogP contribution in [0.1, 0.15) is 58.4 Å². The van der Waals surface area contributed by atoms with Gasteiger partial charge in [-0.2, -0.15) is 0 Å². The Labute approximate surface area is 169 Å². The topological polar surface area (TPSA) is 61.8 Å². The smallest absolute Gasteiger partial charge is 0.306 e. The molecule has 0 amide bonds. The van der Waals surface area contributed by atoms with Crippen molar-refractivity contribution in [3.8, 4) is 5.75 Å². The molecule has 0 aliphatic rings. The van der Waals surface area contributed by atoms with Crippen LogP contribution in [-0.4, -0.2) is 25.2 Å². The third-order valence-electron chi connectivity index (χ3n) is 3.98. The van der Waals surface area contributed by atoms with Gasteiger partial charge in [0.2, 0.25) is 0 Å². The van der Waals surface area contributed by atoms with Crippen molar-refractivity contribution >= 4 is 34.5 Å². The summed E-state index contributed by atoms with van der Waals surface area (Å²) < 4.78 is 16.9. The van der Waals surface area contributed by atoms with Gasteiger partial charge in [-0.05, 0) is 59.0 Å². The van der Waals surface area contributed by atoms with Crippen LogP contribution in [0.5, 0.6) is 5.75 Å². The van der Waals surface area contributed by atoms with E-state index in [0.29, 0.717) is 12.3 Å². The van der Waals surface area contributed by atoms with Gasteiger partial charge in [0.1, 0.15) is 18.5 Å². The molecule has 1 atom stereocenters. The lowest BCUT2D eigenvalue weighted by molar-refractivity contribution is -0.152. The average molecular weight is 476 g/mol. The highest BCUT2D eigenvalue weighted by Gasteiger charge is 2.17. The molecule has 0 radical (unpaired) electrons. The van der Waals surface area contributed by atoms with E-state index in [1.54, 1.807) is 7.11 Å². The maximum atomic E-state index is 11.9. The van der Waals surface area contributed by atoms with Crippen molar-refractivity contribution in [1.29, 1.82) is 0 Å². The van der Waals surface area contributed by atoms with E-state index in [2.05, 4.69) is 29.5 Å². The minimum absolute atomic E-state index is 0.0444. The van der Waals surface area contributed by atoms with Gasteiger partial charge in [-0.3, -0.25) is 9.59 Å². The molecule has 0 saturated heterocycles. The number of carbonyl (C=O) groups is 2. The van der Waals surface area contributed by atoms with Crippen LogP contribution in [0.3, 0.4) is 0 Å². The SMILES string of the molecule is CCCC(OC(=O)CCCC(=O)OCc1ccc(OC)c(I)c1)C(C)C. The zero-order valence-electron chi connectivity index (χ0n) is 16.0. The van der Waals surface area contributed by atoms with Gasteiger partial charge in [0.05, 0.1) is 10.7 Å². The quantitative estimate of drug-likeness (QED) is 0.337. The highest BCUT2D eigenvalue weighted by Crippen LogP contribution is 2.22. The molecule has 1 aromatic carbocycles. The Balaban J connectivity index is 2.29. The van der Waals surface area contributed by atoms with Crippen molar-refractivity contribution in [2.45, 2.75) is 65.6 Å². The first-order valence-electron chi connectivity index (χ1n) is 9.04. The van der Waals surface area contributed by atoms with Crippen molar-refractivity contribution in [2.75, 3.05) is 7.11 Å². The molecule has 0 heterocycles. The Morgan fingerprint density at radius 3 is 2.42 bits per heavy atom. The van der Waals surface area contributed by atoms with Crippen LogP contribution in [0, 0.1) is 9.49 Å². The Bertz CT molecular complexity index is 586. The summed E-state index contributed by atoms with van der Waals surface area (Å²) in [7, 11) is 1.62. The predicted octanol–water partition coefficient (Wildman–Crippen LogP) is 4.88. The van der Waals surface area contributed by atoms with Crippen LogP contribution in [0.25, 0.3) is 0 Å². The lowest BCUT2D eigenvalue weighted by atomic mass is 10.0. The number of methoxy groups -OCH3 is 1. The number of hydrogen-bond donors (Lipinski definition) is 0. The van der Waals surface area contributed by atoms with E-state index in [4.69, 9.17) is 14.2 Å². The fourth-order valence-electron chi connectivity index (χ4n) is 2.45. The van der Waals surface area contributed by atoms with Crippen LogP contribution in [0.15, 0.2) is 18.2 Å². The zero-order chi connectivity index (χ0) is 19.5. The normalized spacial score (nSPS) is 11.9. The highest BCUT2D eigenvalue weighted by molar-refractivity contribution is 14.1. The van der Waals surface area contributed by atoms with E-state index in [-0.39, 0.29) is 37.5 Å². The average Bonchev–Trinajstić information content (AvgIpc) is 2.59. The number of carbonyl (C=O) groups excluding carboxylic acids is 2. The molecule has 5 nitrogen and oxygen atoms in total. The predicted molar refractivity (Wildman–Crippen MR) is 109 cm³/mol. The maximum Gasteiger partial charge on any atom is 0.306 e. The van der Waals surface area contributed by atoms with Crippen LogP contribution in [-0.2, 0) is 25.7 Å². The Kier molecular flexibility index (Phi) is 10.6. The van der Waals surface area contributed by atoms with Gasteiger partial charge in [0, 0.05) is 12.8 Å². The summed E-state index contributed by atoms with van der Waals surface area (Å²) in [5.41, 5.74) is 0.905. The third-order valence-corrected chi connectivity index (χ3v) is 4.82. The second kappa shape index (κ2) is 12.1. The molecular formula is C20H29IO5. The molecule has 0 saturated carbocycles. The lowest BCUT2D eigenvalue weighted by Gasteiger charge is -2.20. The molecule has 1 rings (SSSR count). The summed E-state index contributed by atoms with van der Waals surface area (Å²) in [6.07, 6.45) is 2.69. The molecule has 0 aromatic heterocycles. The standard InChI is InChI=1S/C20H29IO5/c1-5-7-17(14(2)3)26-20(23)9-6-8-19(22)25-13-15-10-11-18(24-4)16(21)12-15/h10-12,14,17H,5-9,13H2,1-4H3. The van der Waals surface area contributed by atoms with E-state index in [1.807, 2.05) is 32.0 Å².